The van der Waals surface area contributed by atoms with E-state index in [4.69, 9.17) is 5.26 Å². The summed E-state index contributed by atoms with van der Waals surface area (Å²) in [6.45, 7) is 0.722. The van der Waals surface area contributed by atoms with Gasteiger partial charge in [-0.05, 0) is 37.1 Å². The predicted octanol–water partition coefficient (Wildman–Crippen LogP) is 2.57. The fourth-order valence-corrected chi connectivity index (χ4v) is 3.41. The average Bonchev–Trinajstić information content (AvgIpc) is 3.03. The zero-order chi connectivity index (χ0) is 14.7. The highest BCUT2D eigenvalue weighted by Crippen LogP contribution is 2.30. The molecule has 0 spiro atoms. The molecule has 1 atom stereocenters. The maximum Gasteiger partial charge on any atom is 0.240 e. The van der Waals surface area contributed by atoms with E-state index in [9.17, 15) is 4.79 Å². The Bertz CT molecular complexity index is 660. The fraction of sp³-hybridized carbons (Fsp3) is 0.267. The first-order chi connectivity index (χ1) is 10.3. The van der Waals surface area contributed by atoms with Crippen LogP contribution in [0.4, 0.5) is 5.69 Å². The third-order valence-electron chi connectivity index (χ3n) is 3.42. The summed E-state index contributed by atoms with van der Waals surface area (Å²) >= 11 is 1.48. The van der Waals surface area contributed by atoms with Crippen LogP contribution in [0.3, 0.4) is 0 Å². The zero-order valence-corrected chi connectivity index (χ0v) is 12.1. The van der Waals surface area contributed by atoms with Gasteiger partial charge in [0.1, 0.15) is 0 Å². The van der Waals surface area contributed by atoms with Crippen LogP contribution in [0.2, 0.25) is 0 Å². The van der Waals surface area contributed by atoms with Gasteiger partial charge in [0.25, 0.3) is 0 Å². The molecule has 0 radical (unpaired) electrons. The van der Waals surface area contributed by atoms with Crippen LogP contribution in [-0.2, 0) is 4.79 Å². The molecule has 0 bridgehead atoms. The van der Waals surface area contributed by atoms with Crippen molar-refractivity contribution < 1.29 is 4.79 Å². The van der Waals surface area contributed by atoms with Crippen molar-refractivity contribution in [2.45, 2.75) is 23.2 Å². The Hall–Kier alpha value is -2.26. The van der Waals surface area contributed by atoms with Crippen LogP contribution in [0, 0.1) is 11.3 Å². The van der Waals surface area contributed by atoms with Gasteiger partial charge in [-0.15, -0.1) is 0 Å². The van der Waals surface area contributed by atoms with E-state index in [-0.39, 0.29) is 11.2 Å². The molecule has 2 aromatic rings. The minimum atomic E-state index is -0.111. The number of thioether (sulfide) groups is 1. The second-order valence-corrected chi connectivity index (χ2v) is 5.98. The van der Waals surface area contributed by atoms with Crippen molar-refractivity contribution in [2.75, 3.05) is 11.4 Å². The molecule has 6 heteroatoms. The molecule has 0 saturated carbocycles. The molecule has 1 aromatic carbocycles. The van der Waals surface area contributed by atoms with E-state index in [2.05, 4.69) is 16.0 Å². The first kappa shape index (κ1) is 13.7. The molecular formula is C15H14N4OS. The highest BCUT2D eigenvalue weighted by molar-refractivity contribution is 8.00. The number of nitriles is 1. The number of H-pyrrole nitrogens is 1. The number of anilines is 1. The zero-order valence-electron chi connectivity index (χ0n) is 11.3. The molecule has 1 unspecified atom stereocenters. The van der Waals surface area contributed by atoms with Gasteiger partial charge in [-0.1, -0.05) is 11.8 Å². The van der Waals surface area contributed by atoms with Gasteiger partial charge in [-0.25, -0.2) is 4.98 Å². The van der Waals surface area contributed by atoms with E-state index in [1.54, 1.807) is 29.4 Å². The lowest BCUT2D eigenvalue weighted by molar-refractivity contribution is -0.119. The Morgan fingerprint density at radius 1 is 1.38 bits per heavy atom. The molecule has 1 saturated heterocycles. The van der Waals surface area contributed by atoms with Gasteiger partial charge < -0.3 is 9.88 Å². The number of aromatic amines is 1. The van der Waals surface area contributed by atoms with Crippen molar-refractivity contribution in [3.63, 3.8) is 0 Å². The molecule has 106 valence electrons. The molecule has 21 heavy (non-hydrogen) atoms. The Balaban J connectivity index is 1.76. The Morgan fingerprint density at radius 3 is 2.86 bits per heavy atom. The number of nitrogens with zero attached hydrogens (tertiary/aromatic N) is 3. The van der Waals surface area contributed by atoms with Crippen molar-refractivity contribution >= 4 is 23.4 Å². The van der Waals surface area contributed by atoms with Crippen molar-refractivity contribution in [1.82, 2.24) is 9.97 Å². The number of nitrogens with one attached hydrogen (secondary N) is 1. The number of hydrogen-bond donors (Lipinski definition) is 1. The van der Waals surface area contributed by atoms with Gasteiger partial charge in [0.2, 0.25) is 5.91 Å². The van der Waals surface area contributed by atoms with Gasteiger partial charge in [-0.3, -0.25) is 4.79 Å². The number of hydrogen-bond acceptors (Lipinski definition) is 4. The lowest BCUT2D eigenvalue weighted by Gasteiger charge is -2.31. The van der Waals surface area contributed by atoms with Crippen LogP contribution in [-0.4, -0.2) is 27.7 Å². The first-order valence-electron chi connectivity index (χ1n) is 6.75. The summed E-state index contributed by atoms with van der Waals surface area (Å²) in [6, 6.07) is 9.23. The summed E-state index contributed by atoms with van der Waals surface area (Å²) in [5.41, 5.74) is 1.45. The predicted molar refractivity (Wildman–Crippen MR) is 81.0 cm³/mol. The van der Waals surface area contributed by atoms with Crippen LogP contribution in [0.25, 0.3) is 0 Å². The third-order valence-corrected chi connectivity index (χ3v) is 4.59. The molecule has 1 amide bonds. The standard InChI is InChI=1S/C15H14N4OS/c16-10-11-3-5-12(6-4-11)19-9-1-2-13(14(19)20)21-15-17-7-8-18-15/h3-8,13H,1-2,9H2,(H,17,18). The second kappa shape index (κ2) is 6.02. The molecule has 2 heterocycles. The highest BCUT2D eigenvalue weighted by atomic mass is 32.2. The molecule has 1 N–H and O–H groups in total. The molecule has 5 nitrogen and oxygen atoms in total. The second-order valence-electron chi connectivity index (χ2n) is 4.79. The maximum absolute atomic E-state index is 12.6. The smallest absolute Gasteiger partial charge is 0.240 e. The summed E-state index contributed by atoms with van der Waals surface area (Å²) in [4.78, 5) is 21.6. The van der Waals surface area contributed by atoms with E-state index in [0.717, 1.165) is 30.2 Å². The van der Waals surface area contributed by atoms with Crippen LogP contribution >= 0.6 is 11.8 Å². The molecule has 1 aliphatic heterocycles. The quantitative estimate of drug-likeness (QED) is 0.945. The molecule has 0 aliphatic carbocycles. The number of benzene rings is 1. The average molecular weight is 298 g/mol. The summed E-state index contributed by atoms with van der Waals surface area (Å²) in [5.74, 6) is 0.104. The molecule has 1 aromatic heterocycles. The molecule has 1 fully saturated rings. The van der Waals surface area contributed by atoms with Crippen molar-refractivity contribution in [1.29, 1.82) is 5.26 Å². The van der Waals surface area contributed by atoms with Gasteiger partial charge in [0.05, 0.1) is 16.9 Å². The van der Waals surface area contributed by atoms with Crippen molar-refractivity contribution in [2.24, 2.45) is 0 Å². The van der Waals surface area contributed by atoms with E-state index >= 15 is 0 Å². The maximum atomic E-state index is 12.6. The minimum absolute atomic E-state index is 0.104. The van der Waals surface area contributed by atoms with Gasteiger partial charge in [0.15, 0.2) is 5.16 Å². The van der Waals surface area contributed by atoms with E-state index in [1.807, 2.05) is 12.1 Å². The van der Waals surface area contributed by atoms with Crippen LogP contribution < -0.4 is 4.90 Å². The van der Waals surface area contributed by atoms with Gasteiger partial charge in [0, 0.05) is 24.6 Å². The van der Waals surface area contributed by atoms with Gasteiger partial charge >= 0.3 is 0 Å². The number of aromatic nitrogens is 2. The summed E-state index contributed by atoms with van der Waals surface area (Å²) in [6.07, 6.45) is 5.27. The summed E-state index contributed by atoms with van der Waals surface area (Å²) in [7, 11) is 0. The first-order valence-corrected chi connectivity index (χ1v) is 7.63. The number of imidazole rings is 1. The van der Waals surface area contributed by atoms with Crippen LogP contribution in [0.15, 0.2) is 41.8 Å². The summed E-state index contributed by atoms with van der Waals surface area (Å²) < 4.78 is 0. The fourth-order valence-electron chi connectivity index (χ4n) is 2.37. The molecule has 3 rings (SSSR count). The Labute approximate surface area is 127 Å². The van der Waals surface area contributed by atoms with Crippen LogP contribution in [0.1, 0.15) is 18.4 Å². The Morgan fingerprint density at radius 2 is 2.19 bits per heavy atom. The van der Waals surface area contributed by atoms with E-state index in [1.165, 1.54) is 11.8 Å². The third kappa shape index (κ3) is 2.93. The monoisotopic (exact) mass is 298 g/mol. The van der Waals surface area contributed by atoms with E-state index in [0.29, 0.717) is 5.56 Å². The van der Waals surface area contributed by atoms with Crippen LogP contribution in [0.5, 0.6) is 0 Å². The topological polar surface area (TPSA) is 72.8 Å². The SMILES string of the molecule is N#Cc1ccc(N2CCCC(Sc3ncc[nH]3)C2=O)cc1. The molecular weight excluding hydrogens is 284 g/mol. The highest BCUT2D eigenvalue weighted by Gasteiger charge is 2.30. The molecule has 1 aliphatic rings. The Kier molecular flexibility index (Phi) is 3.93. The largest absolute Gasteiger partial charge is 0.340 e. The number of carbonyl (C=O) groups excluding carboxylic acids is 1. The van der Waals surface area contributed by atoms with Crippen molar-refractivity contribution in [3.05, 3.63) is 42.2 Å². The lowest BCUT2D eigenvalue weighted by atomic mass is 10.1. The lowest BCUT2D eigenvalue weighted by Crippen LogP contribution is -2.43. The van der Waals surface area contributed by atoms with E-state index < -0.39 is 0 Å². The van der Waals surface area contributed by atoms with Crippen molar-refractivity contribution in [3.8, 4) is 6.07 Å². The minimum Gasteiger partial charge on any atom is -0.340 e. The number of rotatable bonds is 3. The normalized spacial score (nSPS) is 18.5. The number of carbonyl (C=O) groups is 1. The summed E-state index contributed by atoms with van der Waals surface area (Å²) in [5, 5.41) is 9.49. The number of piperidine rings is 1. The number of amides is 1. The van der Waals surface area contributed by atoms with Gasteiger partial charge in [-0.2, -0.15) is 5.26 Å².